The number of amides is 1. The van der Waals surface area contributed by atoms with Gasteiger partial charge >= 0.3 is 12.3 Å². The number of aromatic nitrogens is 1. The van der Waals surface area contributed by atoms with Crippen molar-refractivity contribution in [2.24, 2.45) is 5.41 Å². The molecule has 2 aliphatic rings. The van der Waals surface area contributed by atoms with Crippen LogP contribution in [0.2, 0.25) is 0 Å². The van der Waals surface area contributed by atoms with Crippen LogP contribution in [-0.2, 0) is 10.9 Å². The molecule has 0 atom stereocenters. The molecule has 142 valence electrons. The van der Waals surface area contributed by atoms with Gasteiger partial charge in [0.05, 0.1) is 5.69 Å². The van der Waals surface area contributed by atoms with E-state index in [-0.39, 0.29) is 11.5 Å². The summed E-state index contributed by atoms with van der Waals surface area (Å²) in [5, 5.41) is 0. The molecule has 4 nitrogen and oxygen atoms in total. The van der Waals surface area contributed by atoms with Crippen molar-refractivity contribution in [2.75, 3.05) is 13.1 Å². The fraction of sp³-hybridized carbons (Fsp3) is 0.579. The molecule has 1 saturated heterocycles. The van der Waals surface area contributed by atoms with E-state index in [1.165, 1.54) is 6.07 Å². The molecule has 3 rings (SSSR count). The second-order valence-electron chi connectivity index (χ2n) is 8.08. The molecule has 1 aliphatic carbocycles. The molecule has 1 aromatic rings. The third-order valence-corrected chi connectivity index (χ3v) is 4.80. The summed E-state index contributed by atoms with van der Waals surface area (Å²) < 4.78 is 43.8. The fourth-order valence-corrected chi connectivity index (χ4v) is 3.44. The maximum atomic E-state index is 12.8. The van der Waals surface area contributed by atoms with Gasteiger partial charge in [-0.3, -0.25) is 0 Å². The maximum absolute atomic E-state index is 12.8. The summed E-state index contributed by atoms with van der Waals surface area (Å²) in [6, 6.07) is 3.99. The minimum atomic E-state index is -4.43. The number of nitrogens with zero attached hydrogens (tertiary/aromatic N) is 2. The van der Waals surface area contributed by atoms with Gasteiger partial charge in [0.2, 0.25) is 0 Å². The van der Waals surface area contributed by atoms with Crippen molar-refractivity contribution >= 4 is 11.7 Å². The van der Waals surface area contributed by atoms with E-state index in [9.17, 15) is 18.0 Å². The lowest BCUT2D eigenvalue weighted by Crippen LogP contribution is -2.46. The van der Waals surface area contributed by atoms with Gasteiger partial charge in [0, 0.05) is 13.1 Å². The van der Waals surface area contributed by atoms with E-state index in [0.29, 0.717) is 25.2 Å². The van der Waals surface area contributed by atoms with E-state index in [1.54, 1.807) is 11.0 Å². The zero-order valence-corrected chi connectivity index (χ0v) is 15.2. The molecule has 1 spiro atoms. The summed E-state index contributed by atoms with van der Waals surface area (Å²) in [7, 11) is 0. The number of hydrogen-bond acceptors (Lipinski definition) is 3. The highest BCUT2D eigenvalue weighted by Crippen LogP contribution is 2.50. The predicted octanol–water partition coefficient (Wildman–Crippen LogP) is 4.90. The standard InChI is InChI=1S/C19H23F3N2O2/c1-17(2,3)26-16(25)24-9-7-18(8-10-24)11-13(12-18)14-5-4-6-15(23-14)19(20,21)22/h4-6,11H,7-10,12H2,1-3H3. The van der Waals surface area contributed by atoms with Crippen LogP contribution in [0.25, 0.3) is 5.57 Å². The first-order valence-corrected chi connectivity index (χ1v) is 8.72. The highest BCUT2D eigenvalue weighted by Gasteiger charge is 2.42. The summed E-state index contributed by atoms with van der Waals surface area (Å²) in [6.07, 6.45) is -0.443. The third kappa shape index (κ3) is 4.02. The van der Waals surface area contributed by atoms with Crippen LogP contribution < -0.4 is 0 Å². The number of rotatable bonds is 1. The number of halogens is 3. The van der Waals surface area contributed by atoms with Crippen LogP contribution in [0.15, 0.2) is 24.3 Å². The molecule has 1 amide bonds. The van der Waals surface area contributed by atoms with E-state index in [1.807, 2.05) is 26.8 Å². The Hall–Kier alpha value is -2.05. The number of hydrogen-bond donors (Lipinski definition) is 0. The number of carbonyl (C=O) groups excluding carboxylic acids is 1. The first-order valence-electron chi connectivity index (χ1n) is 8.72. The van der Waals surface area contributed by atoms with E-state index in [0.717, 1.165) is 24.5 Å². The molecule has 0 aromatic carbocycles. The monoisotopic (exact) mass is 368 g/mol. The maximum Gasteiger partial charge on any atom is 0.433 e. The van der Waals surface area contributed by atoms with Gasteiger partial charge in [0.1, 0.15) is 11.3 Å². The lowest BCUT2D eigenvalue weighted by atomic mass is 9.64. The zero-order chi connectivity index (χ0) is 19.2. The molecule has 0 saturated carbocycles. The number of carbonyl (C=O) groups is 1. The molecule has 0 N–H and O–H groups in total. The minimum Gasteiger partial charge on any atom is -0.444 e. The van der Waals surface area contributed by atoms with Gasteiger partial charge in [-0.1, -0.05) is 12.1 Å². The Morgan fingerprint density at radius 2 is 1.81 bits per heavy atom. The van der Waals surface area contributed by atoms with E-state index in [4.69, 9.17) is 4.74 Å². The Balaban J connectivity index is 1.63. The number of ether oxygens (including phenoxy) is 1. The Morgan fingerprint density at radius 1 is 1.19 bits per heavy atom. The van der Waals surface area contributed by atoms with Crippen molar-refractivity contribution in [3.8, 4) is 0 Å². The number of likely N-dealkylation sites (tertiary alicyclic amines) is 1. The molecule has 1 aromatic heterocycles. The van der Waals surface area contributed by atoms with Gasteiger partial charge in [0.15, 0.2) is 0 Å². The van der Waals surface area contributed by atoms with E-state index < -0.39 is 17.5 Å². The first kappa shape index (κ1) is 18.7. The highest BCUT2D eigenvalue weighted by molar-refractivity contribution is 5.71. The van der Waals surface area contributed by atoms with Crippen LogP contribution in [0, 0.1) is 5.41 Å². The lowest BCUT2D eigenvalue weighted by Gasteiger charge is -2.46. The number of piperidine rings is 1. The van der Waals surface area contributed by atoms with Crippen LogP contribution in [0.5, 0.6) is 0 Å². The van der Waals surface area contributed by atoms with Gasteiger partial charge < -0.3 is 9.64 Å². The van der Waals surface area contributed by atoms with Crippen LogP contribution in [-0.4, -0.2) is 34.7 Å². The van der Waals surface area contributed by atoms with Gasteiger partial charge in [-0.15, -0.1) is 0 Å². The number of allylic oxidation sites excluding steroid dienone is 2. The number of pyridine rings is 1. The molecular weight excluding hydrogens is 345 g/mol. The summed E-state index contributed by atoms with van der Waals surface area (Å²) in [4.78, 5) is 17.6. The SMILES string of the molecule is CC(C)(C)OC(=O)N1CCC2(C=C(c3cccc(C(F)(F)F)n3)C2)CC1. The van der Waals surface area contributed by atoms with Crippen LogP contribution in [0.3, 0.4) is 0 Å². The van der Waals surface area contributed by atoms with Crippen molar-refractivity contribution in [2.45, 2.75) is 51.8 Å². The van der Waals surface area contributed by atoms with Crippen molar-refractivity contribution in [3.63, 3.8) is 0 Å². The highest BCUT2D eigenvalue weighted by atomic mass is 19.4. The fourth-order valence-electron chi connectivity index (χ4n) is 3.44. The molecule has 26 heavy (non-hydrogen) atoms. The summed E-state index contributed by atoms with van der Waals surface area (Å²) >= 11 is 0. The van der Waals surface area contributed by atoms with Gasteiger partial charge in [-0.25, -0.2) is 9.78 Å². The van der Waals surface area contributed by atoms with Crippen LogP contribution in [0.1, 0.15) is 51.4 Å². The van der Waals surface area contributed by atoms with Crippen molar-refractivity contribution in [1.29, 1.82) is 0 Å². The zero-order valence-electron chi connectivity index (χ0n) is 15.2. The normalized spacial score (nSPS) is 19.8. The molecule has 1 aliphatic heterocycles. The van der Waals surface area contributed by atoms with Gasteiger partial charge in [-0.05, 0) is 63.2 Å². The molecule has 2 heterocycles. The molecule has 1 fully saturated rings. The topological polar surface area (TPSA) is 42.4 Å². The molecule has 0 bridgehead atoms. The largest absolute Gasteiger partial charge is 0.444 e. The minimum absolute atomic E-state index is 0.0379. The lowest BCUT2D eigenvalue weighted by molar-refractivity contribution is -0.141. The Kier molecular flexibility index (Phi) is 4.53. The average molecular weight is 368 g/mol. The second-order valence-corrected chi connectivity index (χ2v) is 8.08. The van der Waals surface area contributed by atoms with E-state index >= 15 is 0 Å². The average Bonchev–Trinajstić information content (AvgIpc) is 2.50. The van der Waals surface area contributed by atoms with Gasteiger partial charge in [-0.2, -0.15) is 13.2 Å². The Bertz CT molecular complexity index is 727. The van der Waals surface area contributed by atoms with Crippen molar-refractivity contribution < 1.29 is 22.7 Å². The van der Waals surface area contributed by atoms with Crippen molar-refractivity contribution in [3.05, 3.63) is 35.7 Å². The molecule has 0 radical (unpaired) electrons. The molecular formula is C19H23F3N2O2. The van der Waals surface area contributed by atoms with Crippen molar-refractivity contribution in [1.82, 2.24) is 9.88 Å². The van der Waals surface area contributed by atoms with Crippen LogP contribution in [0.4, 0.5) is 18.0 Å². The first-order chi connectivity index (χ1) is 12.0. The Morgan fingerprint density at radius 3 is 2.35 bits per heavy atom. The summed E-state index contributed by atoms with van der Waals surface area (Å²) in [5.41, 5.74) is -0.187. The van der Waals surface area contributed by atoms with Gasteiger partial charge in [0.25, 0.3) is 0 Å². The van der Waals surface area contributed by atoms with Crippen LogP contribution >= 0.6 is 0 Å². The molecule has 0 unspecified atom stereocenters. The molecule has 7 heteroatoms. The Labute approximate surface area is 151 Å². The number of alkyl halides is 3. The van der Waals surface area contributed by atoms with E-state index in [2.05, 4.69) is 4.98 Å². The third-order valence-electron chi connectivity index (χ3n) is 4.80. The smallest absolute Gasteiger partial charge is 0.433 e. The quantitative estimate of drug-likeness (QED) is 0.708. The summed E-state index contributed by atoms with van der Waals surface area (Å²) in [5.74, 6) is 0. The second kappa shape index (κ2) is 6.28. The predicted molar refractivity (Wildman–Crippen MR) is 91.3 cm³/mol. The summed E-state index contributed by atoms with van der Waals surface area (Å²) in [6.45, 7) is 6.68.